The topological polar surface area (TPSA) is 16.4 Å². The second-order valence-electron chi connectivity index (χ2n) is 16.4. The minimum Gasteiger partial charge on any atom is -0.455 e. The molecule has 0 N–H and O–H groups in total. The van der Waals surface area contributed by atoms with Crippen LogP contribution in [-0.2, 0) is 0 Å². The molecule has 12 rings (SSSR count). The summed E-state index contributed by atoms with van der Waals surface area (Å²) in [5.41, 5.74) is 16.6. The molecule has 0 aliphatic carbocycles. The predicted octanol–water partition coefficient (Wildman–Crippen LogP) is 17.7. The highest BCUT2D eigenvalue weighted by Gasteiger charge is 2.26. The highest BCUT2D eigenvalue weighted by Crippen LogP contribution is 2.52. The van der Waals surface area contributed by atoms with Crippen LogP contribution < -0.4 is 4.90 Å². The Kier molecular flexibility index (Phi) is 9.20. The van der Waals surface area contributed by atoms with Gasteiger partial charge in [-0.2, -0.15) is 0 Å². The normalized spacial score (nSPS) is 11.4. The van der Waals surface area contributed by atoms with Crippen molar-refractivity contribution in [1.82, 2.24) is 0 Å². The molecule has 0 aliphatic rings. The van der Waals surface area contributed by atoms with Crippen molar-refractivity contribution in [3.63, 3.8) is 0 Å². The van der Waals surface area contributed by atoms with Crippen LogP contribution in [0.15, 0.2) is 253 Å². The first kappa shape index (κ1) is 37.3. The summed E-state index contributed by atoms with van der Waals surface area (Å²) in [4.78, 5) is 2.49. The summed E-state index contributed by atoms with van der Waals surface area (Å²) in [6.45, 7) is 0. The van der Waals surface area contributed by atoms with Crippen LogP contribution in [0.4, 0.5) is 17.1 Å². The number of hydrogen-bond donors (Lipinski definition) is 0. The van der Waals surface area contributed by atoms with Gasteiger partial charge in [-0.25, -0.2) is 0 Å². The van der Waals surface area contributed by atoms with Crippen molar-refractivity contribution in [2.45, 2.75) is 0 Å². The SMILES string of the molecule is c1ccc(-c2ccc(-c3ccc(-c4ccc(N(c5ccccc5-c5cccc6c5oc5ccccc56)c5c(-c6ccccc6)c6ccccc6c6ccccc56)cc4)cc3)cc2)cc1. The number of fused-ring (bicyclic) bond motifs is 6. The summed E-state index contributed by atoms with van der Waals surface area (Å²) in [7, 11) is 0. The lowest BCUT2D eigenvalue weighted by Crippen LogP contribution is -2.13. The zero-order chi connectivity index (χ0) is 42.4. The van der Waals surface area contributed by atoms with E-state index in [-0.39, 0.29) is 0 Å². The van der Waals surface area contributed by atoms with E-state index in [0.29, 0.717) is 0 Å². The van der Waals surface area contributed by atoms with Crippen molar-refractivity contribution in [3.05, 3.63) is 249 Å². The smallest absolute Gasteiger partial charge is 0.143 e. The van der Waals surface area contributed by atoms with Crippen LogP contribution in [0.5, 0.6) is 0 Å². The molecule has 0 fully saturated rings. The first-order chi connectivity index (χ1) is 31.8. The number of para-hydroxylation sites is 3. The zero-order valence-corrected chi connectivity index (χ0v) is 35.0. The molecule has 12 aromatic rings. The van der Waals surface area contributed by atoms with E-state index in [9.17, 15) is 0 Å². The van der Waals surface area contributed by atoms with E-state index >= 15 is 0 Å². The first-order valence-electron chi connectivity index (χ1n) is 21.9. The van der Waals surface area contributed by atoms with Gasteiger partial charge in [-0.1, -0.05) is 224 Å². The van der Waals surface area contributed by atoms with Crippen LogP contribution in [0, 0.1) is 0 Å². The molecule has 0 unspecified atom stereocenters. The van der Waals surface area contributed by atoms with Crippen molar-refractivity contribution in [2.75, 3.05) is 4.90 Å². The Labute approximate surface area is 372 Å². The van der Waals surface area contributed by atoms with Crippen LogP contribution in [0.1, 0.15) is 0 Å². The van der Waals surface area contributed by atoms with Gasteiger partial charge in [0.25, 0.3) is 0 Å². The van der Waals surface area contributed by atoms with Crippen molar-refractivity contribution in [1.29, 1.82) is 0 Å². The summed E-state index contributed by atoms with van der Waals surface area (Å²) in [5, 5.41) is 7.04. The molecule has 2 nitrogen and oxygen atoms in total. The third-order valence-electron chi connectivity index (χ3n) is 12.7. The highest BCUT2D eigenvalue weighted by molar-refractivity contribution is 6.23. The van der Waals surface area contributed by atoms with Crippen LogP contribution in [0.3, 0.4) is 0 Å². The summed E-state index contributed by atoms with van der Waals surface area (Å²) in [5.74, 6) is 0. The van der Waals surface area contributed by atoms with E-state index in [1.54, 1.807) is 0 Å². The second-order valence-corrected chi connectivity index (χ2v) is 16.4. The number of nitrogens with zero attached hydrogens (tertiary/aromatic N) is 1. The van der Waals surface area contributed by atoms with Gasteiger partial charge in [-0.3, -0.25) is 0 Å². The predicted molar refractivity (Wildman–Crippen MR) is 271 cm³/mol. The van der Waals surface area contributed by atoms with E-state index in [1.807, 2.05) is 6.07 Å². The van der Waals surface area contributed by atoms with Crippen molar-refractivity contribution < 1.29 is 4.42 Å². The van der Waals surface area contributed by atoms with Crippen LogP contribution in [0.2, 0.25) is 0 Å². The van der Waals surface area contributed by atoms with Gasteiger partial charge in [0.2, 0.25) is 0 Å². The maximum absolute atomic E-state index is 6.71. The molecule has 64 heavy (non-hydrogen) atoms. The lowest BCUT2D eigenvalue weighted by atomic mass is 9.89. The Hall–Kier alpha value is -8.46. The van der Waals surface area contributed by atoms with Crippen molar-refractivity contribution in [2.24, 2.45) is 0 Å². The number of rotatable bonds is 8. The Morgan fingerprint density at radius 1 is 0.266 bits per heavy atom. The lowest BCUT2D eigenvalue weighted by molar-refractivity contribution is 0.670. The van der Waals surface area contributed by atoms with E-state index in [0.717, 1.165) is 61.3 Å². The van der Waals surface area contributed by atoms with Crippen LogP contribution in [0.25, 0.3) is 99.1 Å². The maximum Gasteiger partial charge on any atom is 0.143 e. The van der Waals surface area contributed by atoms with Gasteiger partial charge in [0, 0.05) is 38.5 Å². The van der Waals surface area contributed by atoms with E-state index in [1.165, 1.54) is 54.9 Å². The summed E-state index contributed by atoms with van der Waals surface area (Å²) in [6, 6.07) is 89.6. The number of furan rings is 1. The molecular formula is C62H41NO. The Morgan fingerprint density at radius 3 is 1.31 bits per heavy atom. The molecule has 1 heterocycles. The third-order valence-corrected chi connectivity index (χ3v) is 12.7. The zero-order valence-electron chi connectivity index (χ0n) is 35.0. The van der Waals surface area contributed by atoms with E-state index in [4.69, 9.17) is 4.42 Å². The van der Waals surface area contributed by atoms with Crippen LogP contribution in [-0.4, -0.2) is 0 Å². The fourth-order valence-electron chi connectivity index (χ4n) is 9.64. The standard InChI is InChI=1S/C62H41NO/c1-3-16-42(17-4-1)43-30-32-44(33-31-43)45-34-36-46(37-35-45)47-38-40-49(41-39-47)63(58-28-13-11-22-52(58)56-26-15-27-57-53-23-12-14-29-59(53)64-62(56)57)61-55-25-10-8-21-51(55)50-20-7-9-24-54(50)60(61)48-18-5-2-6-19-48/h1-41H. The lowest BCUT2D eigenvalue weighted by Gasteiger charge is -2.32. The molecule has 1 aromatic heterocycles. The molecular weight excluding hydrogens is 775 g/mol. The fourth-order valence-corrected chi connectivity index (χ4v) is 9.64. The fraction of sp³-hybridized carbons (Fsp3) is 0. The minimum atomic E-state index is 0.883. The molecule has 11 aromatic carbocycles. The number of benzene rings is 11. The molecule has 0 bridgehead atoms. The van der Waals surface area contributed by atoms with E-state index in [2.05, 4.69) is 248 Å². The maximum atomic E-state index is 6.71. The van der Waals surface area contributed by atoms with Gasteiger partial charge in [0.05, 0.1) is 11.4 Å². The summed E-state index contributed by atoms with van der Waals surface area (Å²) in [6.07, 6.45) is 0. The molecule has 0 atom stereocenters. The number of anilines is 3. The van der Waals surface area contributed by atoms with Crippen molar-refractivity contribution in [3.8, 4) is 55.6 Å². The molecule has 0 saturated carbocycles. The molecule has 0 amide bonds. The highest BCUT2D eigenvalue weighted by atomic mass is 16.3. The van der Waals surface area contributed by atoms with Gasteiger partial charge in [-0.05, 0) is 79.4 Å². The van der Waals surface area contributed by atoms with Crippen LogP contribution >= 0.6 is 0 Å². The monoisotopic (exact) mass is 815 g/mol. The second kappa shape index (κ2) is 15.8. The molecule has 0 radical (unpaired) electrons. The third kappa shape index (κ3) is 6.44. The van der Waals surface area contributed by atoms with Crippen molar-refractivity contribution >= 4 is 60.5 Å². The van der Waals surface area contributed by atoms with Gasteiger partial charge in [-0.15, -0.1) is 0 Å². The number of hydrogen-bond acceptors (Lipinski definition) is 2. The Balaban J connectivity index is 1.04. The molecule has 0 spiro atoms. The average molecular weight is 816 g/mol. The summed E-state index contributed by atoms with van der Waals surface area (Å²) < 4.78 is 6.71. The Morgan fingerprint density at radius 2 is 0.688 bits per heavy atom. The van der Waals surface area contributed by atoms with Gasteiger partial charge >= 0.3 is 0 Å². The minimum absolute atomic E-state index is 0.883. The van der Waals surface area contributed by atoms with Gasteiger partial charge in [0.15, 0.2) is 0 Å². The quantitative estimate of drug-likeness (QED) is 0.142. The molecule has 0 aliphatic heterocycles. The molecule has 0 saturated heterocycles. The molecule has 300 valence electrons. The summed E-state index contributed by atoms with van der Waals surface area (Å²) >= 11 is 0. The van der Waals surface area contributed by atoms with Gasteiger partial charge < -0.3 is 9.32 Å². The van der Waals surface area contributed by atoms with E-state index < -0.39 is 0 Å². The largest absolute Gasteiger partial charge is 0.455 e. The Bertz CT molecular complexity index is 3630. The molecule has 2 heteroatoms. The first-order valence-corrected chi connectivity index (χ1v) is 21.9. The average Bonchev–Trinajstić information content (AvgIpc) is 3.77. The van der Waals surface area contributed by atoms with Gasteiger partial charge in [0.1, 0.15) is 11.2 Å².